The first-order valence-electron chi connectivity index (χ1n) is 6.06. The van der Waals surface area contributed by atoms with Crippen molar-refractivity contribution in [2.45, 2.75) is 38.8 Å². The molecule has 5 heteroatoms. The third kappa shape index (κ3) is 5.52. The van der Waals surface area contributed by atoms with Crippen LogP contribution in [0, 0.1) is 11.8 Å². The van der Waals surface area contributed by atoms with Crippen LogP contribution in [0.5, 0.6) is 0 Å². The van der Waals surface area contributed by atoms with E-state index in [-0.39, 0.29) is 18.2 Å². The second-order valence-electron chi connectivity index (χ2n) is 5.17. The zero-order valence-electron chi connectivity index (χ0n) is 10.4. The Kier molecular flexibility index (Phi) is 4.98. The highest BCUT2D eigenvalue weighted by molar-refractivity contribution is 5.81. The van der Waals surface area contributed by atoms with Gasteiger partial charge in [0.2, 0.25) is 0 Å². The minimum Gasteiger partial charge on any atom is -0.305 e. The Morgan fingerprint density at radius 1 is 1.41 bits per heavy atom. The normalized spacial score (nSPS) is 26.6. The summed E-state index contributed by atoms with van der Waals surface area (Å²) < 4.78 is 36.1. The van der Waals surface area contributed by atoms with Crippen LogP contribution in [0.1, 0.15) is 32.6 Å². The molecule has 1 aliphatic carbocycles. The van der Waals surface area contributed by atoms with Crippen LogP contribution in [0.2, 0.25) is 0 Å². The average Bonchev–Trinajstić information content (AvgIpc) is 2.20. The minimum atomic E-state index is -4.11. The van der Waals surface area contributed by atoms with Gasteiger partial charge in [-0.15, -0.1) is 0 Å². The Bertz CT molecular complexity index is 265. The molecule has 1 aliphatic rings. The number of halogens is 3. The van der Waals surface area contributed by atoms with E-state index in [9.17, 15) is 18.0 Å². The number of carbonyl (C=O) groups excluding carboxylic acids is 1. The van der Waals surface area contributed by atoms with Crippen molar-refractivity contribution in [1.29, 1.82) is 0 Å². The van der Waals surface area contributed by atoms with Crippen molar-refractivity contribution in [3.63, 3.8) is 0 Å². The van der Waals surface area contributed by atoms with E-state index in [2.05, 4.69) is 6.92 Å². The number of hydrogen-bond donors (Lipinski definition) is 0. The summed E-state index contributed by atoms with van der Waals surface area (Å²) in [6, 6.07) is 0. The molecule has 0 aromatic carbocycles. The Morgan fingerprint density at radius 2 is 2.06 bits per heavy atom. The summed E-state index contributed by atoms with van der Waals surface area (Å²) in [7, 11) is 1.65. The molecule has 0 N–H and O–H groups in total. The summed E-state index contributed by atoms with van der Waals surface area (Å²) in [6.45, 7) is 2.52. The van der Waals surface area contributed by atoms with E-state index in [1.807, 2.05) is 0 Å². The number of alkyl halides is 3. The number of rotatable bonds is 4. The van der Waals surface area contributed by atoms with E-state index >= 15 is 0 Å². The molecule has 0 aromatic rings. The molecule has 100 valence electrons. The SMILES string of the molecule is CC1CCC(=O)C(CN(C)CCC(F)(F)F)C1. The van der Waals surface area contributed by atoms with Crippen LogP contribution in [0.15, 0.2) is 0 Å². The van der Waals surface area contributed by atoms with Gasteiger partial charge in [-0.1, -0.05) is 6.92 Å². The molecule has 0 aromatic heterocycles. The maximum atomic E-state index is 12.0. The van der Waals surface area contributed by atoms with Gasteiger partial charge in [0.1, 0.15) is 5.78 Å². The van der Waals surface area contributed by atoms with E-state index in [1.54, 1.807) is 11.9 Å². The molecule has 0 bridgehead atoms. The maximum absolute atomic E-state index is 12.0. The number of ketones is 1. The van der Waals surface area contributed by atoms with Gasteiger partial charge in [-0.3, -0.25) is 4.79 Å². The van der Waals surface area contributed by atoms with Crippen LogP contribution in [0.3, 0.4) is 0 Å². The van der Waals surface area contributed by atoms with E-state index in [0.717, 1.165) is 12.8 Å². The van der Waals surface area contributed by atoms with Gasteiger partial charge in [-0.05, 0) is 25.8 Å². The number of Topliss-reactive ketones (excluding diaryl/α,β-unsaturated/α-hetero) is 1. The Morgan fingerprint density at radius 3 is 2.65 bits per heavy atom. The molecule has 0 radical (unpaired) electrons. The molecular formula is C12H20F3NO. The lowest BCUT2D eigenvalue weighted by Gasteiger charge is -2.29. The van der Waals surface area contributed by atoms with E-state index < -0.39 is 12.6 Å². The van der Waals surface area contributed by atoms with Crippen molar-refractivity contribution in [2.75, 3.05) is 20.1 Å². The lowest BCUT2D eigenvalue weighted by atomic mass is 9.81. The number of hydrogen-bond acceptors (Lipinski definition) is 2. The van der Waals surface area contributed by atoms with Gasteiger partial charge in [-0.2, -0.15) is 13.2 Å². The highest BCUT2D eigenvalue weighted by Crippen LogP contribution is 2.27. The topological polar surface area (TPSA) is 20.3 Å². The Hall–Kier alpha value is -0.580. The largest absolute Gasteiger partial charge is 0.390 e. The third-order valence-corrected chi connectivity index (χ3v) is 3.33. The van der Waals surface area contributed by atoms with Crippen LogP contribution in [0.4, 0.5) is 13.2 Å². The first-order chi connectivity index (χ1) is 7.78. The van der Waals surface area contributed by atoms with Crippen LogP contribution in [0.25, 0.3) is 0 Å². The van der Waals surface area contributed by atoms with Gasteiger partial charge < -0.3 is 4.90 Å². The van der Waals surface area contributed by atoms with Gasteiger partial charge >= 0.3 is 6.18 Å². The molecule has 2 nitrogen and oxygen atoms in total. The van der Waals surface area contributed by atoms with Crippen LogP contribution in [-0.4, -0.2) is 37.0 Å². The molecule has 17 heavy (non-hydrogen) atoms. The fourth-order valence-electron chi connectivity index (χ4n) is 2.29. The number of nitrogens with zero attached hydrogens (tertiary/aromatic N) is 1. The molecule has 1 saturated carbocycles. The summed E-state index contributed by atoms with van der Waals surface area (Å²) in [5, 5.41) is 0. The lowest BCUT2D eigenvalue weighted by molar-refractivity contribution is -0.138. The highest BCUT2D eigenvalue weighted by Gasteiger charge is 2.30. The molecule has 0 saturated heterocycles. The van der Waals surface area contributed by atoms with E-state index in [4.69, 9.17) is 0 Å². The molecule has 0 aliphatic heterocycles. The predicted octanol–water partition coefficient (Wildman–Crippen LogP) is 2.88. The summed E-state index contributed by atoms with van der Waals surface area (Å²) in [5.74, 6) is 0.646. The van der Waals surface area contributed by atoms with E-state index in [0.29, 0.717) is 18.9 Å². The molecule has 1 fully saturated rings. The van der Waals surface area contributed by atoms with E-state index in [1.165, 1.54) is 0 Å². The number of carbonyl (C=O) groups is 1. The molecule has 0 amide bonds. The standard InChI is InChI=1S/C12H20F3NO/c1-9-3-4-11(17)10(7-9)8-16(2)6-5-12(13,14)15/h9-10H,3-8H2,1-2H3. The summed E-state index contributed by atoms with van der Waals surface area (Å²) in [6.07, 6.45) is -2.60. The average molecular weight is 251 g/mol. The maximum Gasteiger partial charge on any atom is 0.390 e. The fraction of sp³-hybridized carbons (Fsp3) is 0.917. The zero-order valence-corrected chi connectivity index (χ0v) is 10.4. The van der Waals surface area contributed by atoms with Gasteiger partial charge in [0.25, 0.3) is 0 Å². The van der Waals surface area contributed by atoms with Gasteiger partial charge in [0, 0.05) is 25.4 Å². The highest BCUT2D eigenvalue weighted by atomic mass is 19.4. The minimum absolute atomic E-state index is 0.0261. The Labute approximate surface area is 100 Å². The van der Waals surface area contributed by atoms with Crippen LogP contribution < -0.4 is 0 Å². The predicted molar refractivity (Wildman–Crippen MR) is 59.7 cm³/mol. The summed E-state index contributed by atoms with van der Waals surface area (Å²) in [5.41, 5.74) is 0. The first-order valence-corrected chi connectivity index (χ1v) is 6.06. The molecule has 2 unspecified atom stereocenters. The summed E-state index contributed by atoms with van der Waals surface area (Å²) in [4.78, 5) is 13.2. The zero-order chi connectivity index (χ0) is 13.1. The summed E-state index contributed by atoms with van der Waals surface area (Å²) >= 11 is 0. The van der Waals surface area contributed by atoms with Gasteiger partial charge in [0.15, 0.2) is 0 Å². The van der Waals surface area contributed by atoms with Crippen molar-refractivity contribution >= 4 is 5.78 Å². The lowest BCUT2D eigenvalue weighted by Crippen LogP contribution is -2.35. The molecule has 0 heterocycles. The fourth-order valence-corrected chi connectivity index (χ4v) is 2.29. The smallest absolute Gasteiger partial charge is 0.305 e. The van der Waals surface area contributed by atoms with Crippen molar-refractivity contribution in [1.82, 2.24) is 4.90 Å². The molecule has 1 rings (SSSR count). The second-order valence-corrected chi connectivity index (χ2v) is 5.17. The molecule has 2 atom stereocenters. The first kappa shape index (κ1) is 14.5. The van der Waals surface area contributed by atoms with Crippen molar-refractivity contribution in [3.05, 3.63) is 0 Å². The molecule has 0 spiro atoms. The van der Waals surface area contributed by atoms with Gasteiger partial charge in [-0.25, -0.2) is 0 Å². The Balaban J connectivity index is 2.34. The monoisotopic (exact) mass is 251 g/mol. The quantitative estimate of drug-likeness (QED) is 0.765. The van der Waals surface area contributed by atoms with Crippen molar-refractivity contribution in [3.8, 4) is 0 Å². The third-order valence-electron chi connectivity index (χ3n) is 3.33. The van der Waals surface area contributed by atoms with Crippen molar-refractivity contribution in [2.24, 2.45) is 11.8 Å². The van der Waals surface area contributed by atoms with Gasteiger partial charge in [0.05, 0.1) is 6.42 Å². The second kappa shape index (κ2) is 5.85. The van der Waals surface area contributed by atoms with Crippen LogP contribution in [-0.2, 0) is 4.79 Å². The molecular weight excluding hydrogens is 231 g/mol. The van der Waals surface area contributed by atoms with Crippen molar-refractivity contribution < 1.29 is 18.0 Å². The van der Waals surface area contributed by atoms with Crippen LogP contribution >= 0.6 is 0 Å².